The van der Waals surface area contributed by atoms with Crippen molar-refractivity contribution in [2.75, 3.05) is 5.75 Å². The number of ether oxygens (including phenoxy) is 1. The Morgan fingerprint density at radius 2 is 1.20 bits per heavy atom. The molecular formula is C23H22OS. The van der Waals surface area contributed by atoms with Gasteiger partial charge in [0.05, 0.1) is 6.10 Å². The zero-order chi connectivity index (χ0) is 17.0. The van der Waals surface area contributed by atoms with Crippen LogP contribution in [0.5, 0.6) is 0 Å². The van der Waals surface area contributed by atoms with Crippen molar-refractivity contribution in [1.82, 2.24) is 0 Å². The van der Waals surface area contributed by atoms with Crippen LogP contribution in [0.1, 0.15) is 22.8 Å². The van der Waals surface area contributed by atoms with Crippen LogP contribution >= 0.6 is 11.8 Å². The number of benzene rings is 3. The van der Waals surface area contributed by atoms with Crippen molar-refractivity contribution in [1.29, 1.82) is 0 Å². The smallest absolute Gasteiger partial charge is 0.122 e. The maximum absolute atomic E-state index is 6.71. The lowest BCUT2D eigenvalue weighted by Gasteiger charge is -2.29. The first-order chi connectivity index (χ1) is 12.3. The highest BCUT2D eigenvalue weighted by Crippen LogP contribution is 2.47. The fraction of sp³-hybridized carbons (Fsp3) is 0.217. The van der Waals surface area contributed by atoms with E-state index in [1.54, 1.807) is 0 Å². The van der Waals surface area contributed by atoms with Crippen molar-refractivity contribution in [3.05, 3.63) is 108 Å². The van der Waals surface area contributed by atoms with Crippen LogP contribution in [-0.4, -0.2) is 10.7 Å². The van der Waals surface area contributed by atoms with Crippen LogP contribution < -0.4 is 0 Å². The summed E-state index contributed by atoms with van der Waals surface area (Å²) in [4.78, 5) is -0.205. The molecule has 0 radical (unpaired) electrons. The molecule has 25 heavy (non-hydrogen) atoms. The molecule has 1 fully saturated rings. The maximum Gasteiger partial charge on any atom is 0.122 e. The van der Waals surface area contributed by atoms with Crippen LogP contribution in [0.2, 0.25) is 0 Å². The largest absolute Gasteiger partial charge is 0.355 e. The highest BCUT2D eigenvalue weighted by Gasteiger charge is 2.41. The molecule has 0 aromatic heterocycles. The van der Waals surface area contributed by atoms with Crippen molar-refractivity contribution in [3.63, 3.8) is 0 Å². The van der Waals surface area contributed by atoms with Gasteiger partial charge in [0.15, 0.2) is 0 Å². The average molecular weight is 346 g/mol. The second-order valence-electron chi connectivity index (χ2n) is 6.56. The fourth-order valence-electron chi connectivity index (χ4n) is 3.45. The van der Waals surface area contributed by atoms with E-state index >= 15 is 0 Å². The van der Waals surface area contributed by atoms with Crippen molar-refractivity contribution < 1.29 is 4.74 Å². The Hall–Kier alpha value is -2.03. The van der Waals surface area contributed by atoms with Gasteiger partial charge in [0.25, 0.3) is 0 Å². The predicted molar refractivity (Wildman–Crippen MR) is 106 cm³/mol. The highest BCUT2D eigenvalue weighted by atomic mass is 32.2. The maximum atomic E-state index is 6.71. The molecule has 0 bridgehead atoms. The summed E-state index contributed by atoms with van der Waals surface area (Å²) in [6.45, 7) is 0. The van der Waals surface area contributed by atoms with E-state index in [0.717, 1.165) is 18.6 Å². The second kappa shape index (κ2) is 7.47. The standard InChI is InChI=1S/C23H22OS/c1-4-10-19(11-5-1)16-23(17-20-12-6-2-7-13-20)24-22(18-25-23)21-14-8-3-9-15-21/h1-15,22H,16-18H2/t22-/m0/s1. The minimum atomic E-state index is -0.205. The molecule has 0 aliphatic carbocycles. The van der Waals surface area contributed by atoms with Crippen molar-refractivity contribution >= 4 is 11.8 Å². The summed E-state index contributed by atoms with van der Waals surface area (Å²) in [5.74, 6) is 1.00. The summed E-state index contributed by atoms with van der Waals surface area (Å²) in [6.07, 6.45) is 2.02. The van der Waals surface area contributed by atoms with Gasteiger partial charge in [-0.1, -0.05) is 91.0 Å². The van der Waals surface area contributed by atoms with E-state index in [4.69, 9.17) is 4.74 Å². The molecule has 2 heteroatoms. The first kappa shape index (κ1) is 16.4. The summed E-state index contributed by atoms with van der Waals surface area (Å²) in [5, 5.41) is 0. The van der Waals surface area contributed by atoms with E-state index in [1.807, 2.05) is 11.8 Å². The molecule has 4 rings (SSSR count). The molecular weight excluding hydrogens is 324 g/mol. The Bertz CT molecular complexity index is 745. The van der Waals surface area contributed by atoms with Gasteiger partial charge in [-0.2, -0.15) is 0 Å². The van der Waals surface area contributed by atoms with Gasteiger partial charge in [-0.15, -0.1) is 11.8 Å². The molecule has 1 aliphatic rings. The van der Waals surface area contributed by atoms with Gasteiger partial charge in [0, 0.05) is 18.6 Å². The average Bonchev–Trinajstić information content (AvgIpc) is 3.08. The summed E-state index contributed by atoms with van der Waals surface area (Å²) in [6, 6.07) is 32.0. The SMILES string of the molecule is c1ccc(CC2(Cc3ccccc3)O[C@H](c3ccccc3)CS2)cc1. The van der Waals surface area contributed by atoms with Crippen LogP contribution in [0.3, 0.4) is 0 Å². The molecule has 0 amide bonds. The molecule has 0 spiro atoms. The van der Waals surface area contributed by atoms with Crippen LogP contribution in [0.15, 0.2) is 91.0 Å². The van der Waals surface area contributed by atoms with Crippen molar-refractivity contribution in [3.8, 4) is 0 Å². The summed E-state index contributed by atoms with van der Waals surface area (Å²) in [5.41, 5.74) is 3.94. The lowest BCUT2D eigenvalue weighted by atomic mass is 10.00. The van der Waals surface area contributed by atoms with Gasteiger partial charge in [-0.3, -0.25) is 0 Å². The lowest BCUT2D eigenvalue weighted by Crippen LogP contribution is -2.30. The molecule has 1 atom stereocenters. The second-order valence-corrected chi connectivity index (χ2v) is 7.93. The number of hydrogen-bond donors (Lipinski definition) is 0. The Kier molecular flexibility index (Phi) is 4.91. The van der Waals surface area contributed by atoms with Gasteiger partial charge < -0.3 is 4.74 Å². The van der Waals surface area contributed by atoms with Crippen LogP contribution in [0, 0.1) is 0 Å². The first-order valence-electron chi connectivity index (χ1n) is 8.78. The quantitative estimate of drug-likeness (QED) is 0.588. The number of rotatable bonds is 5. The van der Waals surface area contributed by atoms with E-state index < -0.39 is 0 Å². The van der Waals surface area contributed by atoms with E-state index in [-0.39, 0.29) is 11.0 Å². The summed E-state index contributed by atoms with van der Waals surface area (Å²) < 4.78 is 6.71. The Morgan fingerprint density at radius 1 is 0.720 bits per heavy atom. The zero-order valence-corrected chi connectivity index (χ0v) is 15.0. The normalized spacial score (nSPS) is 19.0. The molecule has 1 nitrogen and oxygen atoms in total. The van der Waals surface area contributed by atoms with Crippen LogP contribution in [0.25, 0.3) is 0 Å². The van der Waals surface area contributed by atoms with Crippen molar-refractivity contribution in [2.45, 2.75) is 23.9 Å². The van der Waals surface area contributed by atoms with E-state index in [1.165, 1.54) is 16.7 Å². The third-order valence-corrected chi connectivity index (χ3v) is 6.04. The van der Waals surface area contributed by atoms with Gasteiger partial charge in [-0.25, -0.2) is 0 Å². The highest BCUT2D eigenvalue weighted by molar-refractivity contribution is 8.00. The molecule has 126 valence electrons. The third kappa shape index (κ3) is 3.97. The van der Waals surface area contributed by atoms with E-state index in [2.05, 4.69) is 91.0 Å². The third-order valence-electron chi connectivity index (χ3n) is 4.66. The molecule has 3 aromatic carbocycles. The summed E-state index contributed by atoms with van der Waals surface area (Å²) >= 11 is 1.96. The topological polar surface area (TPSA) is 9.23 Å². The predicted octanol–water partition coefficient (Wildman–Crippen LogP) is 5.67. The molecule has 0 saturated carbocycles. The van der Waals surface area contributed by atoms with Crippen LogP contribution in [0.4, 0.5) is 0 Å². The van der Waals surface area contributed by atoms with Gasteiger partial charge >= 0.3 is 0 Å². The Morgan fingerprint density at radius 3 is 1.72 bits per heavy atom. The zero-order valence-electron chi connectivity index (χ0n) is 14.2. The Balaban J connectivity index is 1.60. The van der Waals surface area contributed by atoms with E-state index in [0.29, 0.717) is 0 Å². The lowest BCUT2D eigenvalue weighted by molar-refractivity contribution is -0.00782. The van der Waals surface area contributed by atoms with Crippen molar-refractivity contribution in [2.24, 2.45) is 0 Å². The van der Waals surface area contributed by atoms with Gasteiger partial charge in [0.2, 0.25) is 0 Å². The molecule has 1 saturated heterocycles. The monoisotopic (exact) mass is 346 g/mol. The van der Waals surface area contributed by atoms with Gasteiger partial charge in [-0.05, 0) is 16.7 Å². The van der Waals surface area contributed by atoms with Gasteiger partial charge in [0.1, 0.15) is 4.93 Å². The molecule has 3 aromatic rings. The van der Waals surface area contributed by atoms with Crippen LogP contribution in [-0.2, 0) is 17.6 Å². The Labute approximate surface area is 154 Å². The van der Waals surface area contributed by atoms with E-state index in [9.17, 15) is 0 Å². The molecule has 0 unspecified atom stereocenters. The number of thioether (sulfide) groups is 1. The molecule has 1 heterocycles. The summed E-state index contributed by atoms with van der Waals surface area (Å²) in [7, 11) is 0. The minimum absolute atomic E-state index is 0.165. The number of hydrogen-bond acceptors (Lipinski definition) is 2. The molecule has 0 N–H and O–H groups in total. The minimum Gasteiger partial charge on any atom is -0.355 e. The fourth-order valence-corrected chi connectivity index (χ4v) is 4.89. The molecule has 1 aliphatic heterocycles. The first-order valence-corrected chi connectivity index (χ1v) is 9.76.